The summed E-state index contributed by atoms with van der Waals surface area (Å²) < 4.78 is 14.0. The molecule has 4 nitrogen and oxygen atoms in total. The summed E-state index contributed by atoms with van der Waals surface area (Å²) >= 11 is 5.79. The van der Waals surface area contributed by atoms with Crippen LogP contribution in [0.25, 0.3) is 0 Å². The van der Waals surface area contributed by atoms with Gasteiger partial charge in [0.2, 0.25) is 0 Å². The molecule has 1 aromatic carbocycles. The van der Waals surface area contributed by atoms with Gasteiger partial charge in [-0.05, 0) is 24.0 Å². The van der Waals surface area contributed by atoms with Crippen LogP contribution in [0.2, 0.25) is 5.02 Å². The minimum atomic E-state index is -0.431. The Morgan fingerprint density at radius 2 is 2.10 bits per heavy atom. The van der Waals surface area contributed by atoms with Crippen molar-refractivity contribution in [2.75, 3.05) is 5.43 Å². The fraction of sp³-hybridized carbons (Fsp3) is 0.333. The monoisotopic (exact) mass is 308 g/mol. The Kier molecular flexibility index (Phi) is 5.09. The highest BCUT2D eigenvalue weighted by molar-refractivity contribution is 6.30. The average molecular weight is 309 g/mol. The predicted octanol–water partition coefficient (Wildman–Crippen LogP) is 3.34. The van der Waals surface area contributed by atoms with Crippen molar-refractivity contribution in [1.29, 1.82) is 0 Å². The van der Waals surface area contributed by atoms with Gasteiger partial charge in [0, 0.05) is 18.2 Å². The van der Waals surface area contributed by atoms with Crippen LogP contribution in [-0.4, -0.2) is 9.97 Å². The zero-order valence-corrected chi connectivity index (χ0v) is 12.8. The summed E-state index contributed by atoms with van der Waals surface area (Å²) in [4.78, 5) is 8.74. The standard InChI is InChI=1S/C15H18ClFN4/c1-9(2)6-11-8-14(21-18)20-13(19-11)7-10-4-3-5-12(16)15(10)17/h3-5,8-9H,6-7,18H2,1-2H3,(H,19,20,21). The number of hydrogen-bond acceptors (Lipinski definition) is 4. The van der Waals surface area contributed by atoms with Crippen LogP contribution < -0.4 is 11.3 Å². The number of halogens is 2. The van der Waals surface area contributed by atoms with Gasteiger partial charge < -0.3 is 5.43 Å². The van der Waals surface area contributed by atoms with Gasteiger partial charge in [-0.1, -0.05) is 37.6 Å². The highest BCUT2D eigenvalue weighted by Crippen LogP contribution is 2.20. The molecule has 0 bridgehead atoms. The van der Waals surface area contributed by atoms with E-state index in [1.54, 1.807) is 18.2 Å². The van der Waals surface area contributed by atoms with Crippen molar-refractivity contribution < 1.29 is 4.39 Å². The lowest BCUT2D eigenvalue weighted by atomic mass is 10.1. The van der Waals surface area contributed by atoms with Gasteiger partial charge in [-0.25, -0.2) is 20.2 Å². The van der Waals surface area contributed by atoms with E-state index in [9.17, 15) is 4.39 Å². The van der Waals surface area contributed by atoms with Crippen molar-refractivity contribution in [2.45, 2.75) is 26.7 Å². The molecule has 0 atom stereocenters. The molecule has 0 aliphatic rings. The molecule has 1 heterocycles. The number of anilines is 1. The molecule has 0 aliphatic heterocycles. The van der Waals surface area contributed by atoms with E-state index in [1.165, 1.54) is 6.07 Å². The largest absolute Gasteiger partial charge is 0.308 e. The number of aromatic nitrogens is 2. The molecule has 0 fully saturated rings. The number of benzene rings is 1. The highest BCUT2D eigenvalue weighted by atomic mass is 35.5. The van der Waals surface area contributed by atoms with E-state index >= 15 is 0 Å². The average Bonchev–Trinajstić information content (AvgIpc) is 2.43. The molecule has 0 saturated carbocycles. The number of hydrogen-bond donors (Lipinski definition) is 2. The van der Waals surface area contributed by atoms with E-state index in [4.69, 9.17) is 17.4 Å². The molecular formula is C15H18ClFN4. The lowest BCUT2D eigenvalue weighted by Gasteiger charge is -2.10. The Hall–Kier alpha value is -1.72. The Labute approximate surface area is 128 Å². The van der Waals surface area contributed by atoms with Gasteiger partial charge in [0.05, 0.1) is 5.02 Å². The van der Waals surface area contributed by atoms with Crippen LogP contribution in [-0.2, 0) is 12.8 Å². The van der Waals surface area contributed by atoms with Crippen LogP contribution in [0.5, 0.6) is 0 Å². The molecule has 21 heavy (non-hydrogen) atoms. The van der Waals surface area contributed by atoms with Crippen LogP contribution in [0.4, 0.5) is 10.2 Å². The third-order valence-corrected chi connectivity index (χ3v) is 3.26. The van der Waals surface area contributed by atoms with Crippen molar-refractivity contribution in [3.63, 3.8) is 0 Å². The molecular weight excluding hydrogens is 291 g/mol. The first kappa shape index (κ1) is 15.7. The molecule has 0 spiro atoms. The molecule has 0 unspecified atom stereocenters. The third kappa shape index (κ3) is 4.12. The normalized spacial score (nSPS) is 11.0. The molecule has 0 aliphatic carbocycles. The predicted molar refractivity (Wildman–Crippen MR) is 82.6 cm³/mol. The minimum Gasteiger partial charge on any atom is -0.308 e. The van der Waals surface area contributed by atoms with Crippen LogP contribution in [0.1, 0.15) is 30.9 Å². The molecule has 6 heteroatoms. The van der Waals surface area contributed by atoms with E-state index in [2.05, 4.69) is 29.2 Å². The number of rotatable bonds is 5. The van der Waals surface area contributed by atoms with Gasteiger partial charge in [-0.15, -0.1) is 0 Å². The van der Waals surface area contributed by atoms with E-state index in [0.29, 0.717) is 23.1 Å². The fourth-order valence-corrected chi connectivity index (χ4v) is 2.28. The second-order valence-electron chi connectivity index (χ2n) is 5.29. The number of hydrazine groups is 1. The summed E-state index contributed by atoms with van der Waals surface area (Å²) in [6.45, 7) is 4.21. The quantitative estimate of drug-likeness (QED) is 0.657. The summed E-state index contributed by atoms with van der Waals surface area (Å²) in [6.07, 6.45) is 1.08. The minimum absolute atomic E-state index is 0.100. The lowest BCUT2D eigenvalue weighted by molar-refractivity contribution is 0.610. The first-order chi connectivity index (χ1) is 9.99. The van der Waals surface area contributed by atoms with E-state index in [0.717, 1.165) is 12.1 Å². The maximum absolute atomic E-state index is 14.0. The van der Waals surface area contributed by atoms with Crippen molar-refractivity contribution in [2.24, 2.45) is 11.8 Å². The maximum Gasteiger partial charge on any atom is 0.145 e. The summed E-state index contributed by atoms with van der Waals surface area (Å²) in [6, 6.07) is 6.71. The van der Waals surface area contributed by atoms with Crippen molar-refractivity contribution in [3.05, 3.63) is 52.2 Å². The number of nitrogens with two attached hydrogens (primary N) is 1. The smallest absolute Gasteiger partial charge is 0.145 e. The topological polar surface area (TPSA) is 63.8 Å². The van der Waals surface area contributed by atoms with Crippen molar-refractivity contribution in [1.82, 2.24) is 9.97 Å². The molecule has 0 saturated heterocycles. The Balaban J connectivity index is 2.32. The summed E-state index contributed by atoms with van der Waals surface area (Å²) in [7, 11) is 0. The van der Waals surface area contributed by atoms with Gasteiger partial charge >= 0.3 is 0 Å². The van der Waals surface area contributed by atoms with Crippen LogP contribution in [0.15, 0.2) is 24.3 Å². The van der Waals surface area contributed by atoms with Crippen molar-refractivity contribution in [3.8, 4) is 0 Å². The summed E-state index contributed by atoms with van der Waals surface area (Å²) in [5, 5.41) is 0.100. The first-order valence-electron chi connectivity index (χ1n) is 6.76. The molecule has 112 valence electrons. The Morgan fingerprint density at radius 1 is 1.33 bits per heavy atom. The number of nitrogens with one attached hydrogen (secondary N) is 1. The summed E-state index contributed by atoms with van der Waals surface area (Å²) in [5.41, 5.74) is 3.87. The van der Waals surface area contributed by atoms with Gasteiger partial charge in [-0.2, -0.15) is 0 Å². The molecule has 2 rings (SSSR count). The van der Waals surface area contributed by atoms with Crippen LogP contribution in [0, 0.1) is 11.7 Å². The second-order valence-corrected chi connectivity index (χ2v) is 5.70. The van der Waals surface area contributed by atoms with Crippen LogP contribution in [0.3, 0.4) is 0 Å². The SMILES string of the molecule is CC(C)Cc1cc(NN)nc(Cc2cccc(Cl)c2F)n1. The van der Waals surface area contributed by atoms with Gasteiger partial charge in [0.1, 0.15) is 17.5 Å². The molecule has 0 amide bonds. The van der Waals surface area contributed by atoms with E-state index in [-0.39, 0.29) is 11.4 Å². The van der Waals surface area contributed by atoms with Gasteiger partial charge in [0.25, 0.3) is 0 Å². The van der Waals surface area contributed by atoms with Gasteiger partial charge in [-0.3, -0.25) is 0 Å². The third-order valence-electron chi connectivity index (χ3n) is 2.97. The zero-order valence-electron chi connectivity index (χ0n) is 12.0. The Bertz CT molecular complexity index is 631. The first-order valence-corrected chi connectivity index (χ1v) is 7.13. The van der Waals surface area contributed by atoms with Crippen molar-refractivity contribution >= 4 is 17.4 Å². The van der Waals surface area contributed by atoms with E-state index in [1.807, 2.05) is 0 Å². The highest BCUT2D eigenvalue weighted by Gasteiger charge is 2.11. The van der Waals surface area contributed by atoms with E-state index < -0.39 is 5.82 Å². The maximum atomic E-state index is 14.0. The summed E-state index contributed by atoms with van der Waals surface area (Å²) in [5.74, 6) is 6.50. The lowest BCUT2D eigenvalue weighted by Crippen LogP contribution is -2.13. The molecule has 2 aromatic rings. The van der Waals surface area contributed by atoms with Crippen LogP contribution >= 0.6 is 11.6 Å². The second kappa shape index (κ2) is 6.83. The molecule has 0 radical (unpaired) electrons. The van der Waals surface area contributed by atoms with Gasteiger partial charge in [0.15, 0.2) is 0 Å². The Morgan fingerprint density at radius 3 is 2.76 bits per heavy atom. The molecule has 1 aromatic heterocycles. The number of nitrogens with zero attached hydrogens (tertiary/aromatic N) is 2. The fourth-order valence-electron chi connectivity index (χ4n) is 2.08. The molecule has 3 N–H and O–H groups in total. The zero-order chi connectivity index (χ0) is 15.4. The number of nitrogen functional groups attached to an aromatic ring is 1.